The summed E-state index contributed by atoms with van der Waals surface area (Å²) in [6, 6.07) is 14.6. The van der Waals surface area contributed by atoms with Gasteiger partial charge < -0.3 is 19.9 Å². The summed E-state index contributed by atoms with van der Waals surface area (Å²) in [5.74, 6) is -0.683. The molecule has 3 rings (SSSR count). The molecule has 0 aromatic heterocycles. The molecule has 0 bridgehead atoms. The average Bonchev–Trinajstić information content (AvgIpc) is 2.67. The molecule has 0 saturated heterocycles. The van der Waals surface area contributed by atoms with E-state index in [1.165, 1.54) is 14.0 Å². The second-order valence-corrected chi connectivity index (χ2v) is 6.44. The zero-order chi connectivity index (χ0) is 20.3. The molecule has 1 amide bonds. The molecule has 0 unspecified atom stereocenters. The largest absolute Gasteiger partial charge is 0.507 e. The Hall–Kier alpha value is -3.54. The van der Waals surface area contributed by atoms with Crippen molar-refractivity contribution in [1.29, 1.82) is 0 Å². The number of ether oxygens (including phenoxy) is 2. The number of phenolic OH excluding ortho intramolecular Hbond substituents is 1. The molecule has 0 fully saturated rings. The molecule has 0 aliphatic rings. The lowest BCUT2D eigenvalue weighted by Crippen LogP contribution is -2.08. The van der Waals surface area contributed by atoms with Gasteiger partial charge in [0, 0.05) is 24.1 Å². The quantitative estimate of drug-likeness (QED) is 0.650. The minimum absolute atomic E-state index is 0.0370. The van der Waals surface area contributed by atoms with Crippen molar-refractivity contribution in [1.82, 2.24) is 0 Å². The molecular weight excluding hydrogens is 358 g/mol. The molecule has 3 aromatic rings. The number of phenols is 1. The molecular formula is C22H21NO5. The fourth-order valence-corrected chi connectivity index (χ4v) is 3.06. The first-order valence-corrected chi connectivity index (χ1v) is 8.73. The van der Waals surface area contributed by atoms with Crippen LogP contribution >= 0.6 is 0 Å². The monoisotopic (exact) mass is 379 g/mol. The Labute approximate surface area is 162 Å². The molecule has 0 saturated carbocycles. The molecule has 0 aliphatic heterocycles. The summed E-state index contributed by atoms with van der Waals surface area (Å²) in [6.45, 7) is 3.36. The molecule has 0 heterocycles. The van der Waals surface area contributed by atoms with Gasteiger partial charge >= 0.3 is 5.97 Å². The summed E-state index contributed by atoms with van der Waals surface area (Å²) in [5, 5.41) is 14.3. The van der Waals surface area contributed by atoms with E-state index in [0.29, 0.717) is 27.8 Å². The van der Waals surface area contributed by atoms with Crippen molar-refractivity contribution in [2.24, 2.45) is 0 Å². The van der Waals surface area contributed by atoms with Gasteiger partial charge in [0.15, 0.2) is 0 Å². The Morgan fingerprint density at radius 3 is 2.46 bits per heavy atom. The van der Waals surface area contributed by atoms with Crippen LogP contribution in [0.15, 0.2) is 48.5 Å². The Bertz CT molecular complexity index is 1040. The number of hydrogen-bond donors (Lipinski definition) is 2. The number of aromatic hydroxyl groups is 1. The van der Waals surface area contributed by atoms with E-state index in [9.17, 15) is 14.7 Å². The van der Waals surface area contributed by atoms with Gasteiger partial charge in [-0.3, -0.25) is 4.79 Å². The van der Waals surface area contributed by atoms with Crippen LogP contribution in [-0.2, 0) is 16.1 Å². The number of esters is 1. The predicted octanol–water partition coefficient (Wildman–Crippen LogP) is 4.18. The fourth-order valence-electron chi connectivity index (χ4n) is 3.06. The predicted molar refractivity (Wildman–Crippen MR) is 107 cm³/mol. The molecule has 6 nitrogen and oxygen atoms in total. The summed E-state index contributed by atoms with van der Waals surface area (Å²) in [7, 11) is 1.26. The van der Waals surface area contributed by atoms with E-state index in [0.717, 1.165) is 5.56 Å². The van der Waals surface area contributed by atoms with E-state index in [2.05, 4.69) is 5.32 Å². The van der Waals surface area contributed by atoms with Crippen molar-refractivity contribution in [3.8, 4) is 11.5 Å². The van der Waals surface area contributed by atoms with Crippen LogP contribution in [0, 0.1) is 6.92 Å². The first-order chi connectivity index (χ1) is 13.4. The lowest BCUT2D eigenvalue weighted by molar-refractivity contribution is -0.114. The molecule has 28 heavy (non-hydrogen) atoms. The van der Waals surface area contributed by atoms with Crippen LogP contribution in [0.5, 0.6) is 11.5 Å². The van der Waals surface area contributed by atoms with Crippen molar-refractivity contribution >= 4 is 28.3 Å². The molecule has 144 valence electrons. The van der Waals surface area contributed by atoms with E-state index in [4.69, 9.17) is 9.47 Å². The highest BCUT2D eigenvalue weighted by atomic mass is 16.5. The summed E-state index contributed by atoms with van der Waals surface area (Å²) >= 11 is 0. The normalized spacial score (nSPS) is 10.5. The maximum atomic E-state index is 12.4. The number of aryl methyl sites for hydroxylation is 1. The topological polar surface area (TPSA) is 84.9 Å². The maximum Gasteiger partial charge on any atom is 0.342 e. The van der Waals surface area contributed by atoms with Gasteiger partial charge in [-0.1, -0.05) is 30.3 Å². The van der Waals surface area contributed by atoms with Gasteiger partial charge in [0.25, 0.3) is 0 Å². The smallest absolute Gasteiger partial charge is 0.342 e. The van der Waals surface area contributed by atoms with Crippen LogP contribution in [0.4, 0.5) is 5.69 Å². The molecule has 3 aromatic carbocycles. The number of fused-ring (bicyclic) bond motifs is 1. The Balaban J connectivity index is 2.20. The molecule has 0 spiro atoms. The summed E-state index contributed by atoms with van der Waals surface area (Å²) in [5.41, 5.74) is 2.03. The van der Waals surface area contributed by atoms with Crippen molar-refractivity contribution in [2.75, 3.05) is 12.4 Å². The second kappa shape index (κ2) is 8.00. The van der Waals surface area contributed by atoms with E-state index in [1.54, 1.807) is 25.1 Å². The van der Waals surface area contributed by atoms with Gasteiger partial charge in [-0.05, 0) is 35.6 Å². The number of benzene rings is 3. The van der Waals surface area contributed by atoms with Crippen molar-refractivity contribution in [2.45, 2.75) is 20.5 Å². The van der Waals surface area contributed by atoms with Crippen LogP contribution in [-0.4, -0.2) is 24.1 Å². The highest BCUT2D eigenvalue weighted by molar-refractivity contribution is 6.11. The number of carbonyl (C=O) groups excluding carboxylic acids is 2. The number of rotatable bonds is 5. The van der Waals surface area contributed by atoms with Crippen LogP contribution in [0.25, 0.3) is 10.8 Å². The summed E-state index contributed by atoms with van der Waals surface area (Å²) in [6.07, 6.45) is 0. The SMILES string of the molecule is COC(=O)c1c(O)c(C)cc2cc(NC(C)=O)cc(OCc3ccccc3)c12. The average molecular weight is 379 g/mol. The molecule has 0 atom stereocenters. The van der Waals surface area contributed by atoms with Gasteiger partial charge in [0.2, 0.25) is 5.91 Å². The van der Waals surface area contributed by atoms with Gasteiger partial charge in [-0.2, -0.15) is 0 Å². The number of amides is 1. The number of carbonyl (C=O) groups is 2. The van der Waals surface area contributed by atoms with E-state index >= 15 is 0 Å². The zero-order valence-electron chi connectivity index (χ0n) is 15.9. The number of anilines is 1. The van der Waals surface area contributed by atoms with Gasteiger partial charge in [-0.15, -0.1) is 0 Å². The molecule has 6 heteroatoms. The number of nitrogens with one attached hydrogen (secondary N) is 1. The first-order valence-electron chi connectivity index (χ1n) is 8.73. The summed E-state index contributed by atoms with van der Waals surface area (Å²) < 4.78 is 10.9. The third-order valence-corrected chi connectivity index (χ3v) is 4.31. The fraction of sp³-hybridized carbons (Fsp3) is 0.182. The molecule has 0 aliphatic carbocycles. The van der Waals surface area contributed by atoms with Crippen molar-refractivity contribution < 1.29 is 24.2 Å². The van der Waals surface area contributed by atoms with Crippen LogP contribution < -0.4 is 10.1 Å². The number of methoxy groups -OCH3 is 1. The first kappa shape index (κ1) is 19.2. The van der Waals surface area contributed by atoms with E-state index in [-0.39, 0.29) is 23.8 Å². The Morgan fingerprint density at radius 1 is 1.11 bits per heavy atom. The second-order valence-electron chi connectivity index (χ2n) is 6.44. The standard InChI is InChI=1S/C22H21NO5/c1-13-9-16-10-17(23-14(2)24)11-18(28-12-15-7-5-4-6-8-15)19(16)20(21(13)25)22(26)27-3/h4-11,25H,12H2,1-3H3,(H,23,24). The van der Waals surface area contributed by atoms with E-state index in [1.807, 2.05) is 30.3 Å². The van der Waals surface area contributed by atoms with Crippen LogP contribution in [0.3, 0.4) is 0 Å². The summed E-state index contributed by atoms with van der Waals surface area (Å²) in [4.78, 5) is 23.9. The Kier molecular flexibility index (Phi) is 5.49. The van der Waals surface area contributed by atoms with E-state index < -0.39 is 5.97 Å². The van der Waals surface area contributed by atoms with Gasteiger partial charge in [0.1, 0.15) is 23.7 Å². The lowest BCUT2D eigenvalue weighted by Gasteiger charge is -2.17. The highest BCUT2D eigenvalue weighted by Gasteiger charge is 2.22. The van der Waals surface area contributed by atoms with Crippen molar-refractivity contribution in [3.63, 3.8) is 0 Å². The van der Waals surface area contributed by atoms with Crippen molar-refractivity contribution in [3.05, 3.63) is 65.2 Å². The Morgan fingerprint density at radius 2 is 1.82 bits per heavy atom. The number of hydrogen-bond acceptors (Lipinski definition) is 5. The zero-order valence-corrected chi connectivity index (χ0v) is 15.9. The third kappa shape index (κ3) is 3.91. The van der Waals surface area contributed by atoms with Gasteiger partial charge in [0.05, 0.1) is 7.11 Å². The minimum atomic E-state index is -0.664. The highest BCUT2D eigenvalue weighted by Crippen LogP contribution is 2.39. The van der Waals surface area contributed by atoms with Crippen LogP contribution in [0.1, 0.15) is 28.4 Å². The van der Waals surface area contributed by atoms with Gasteiger partial charge in [-0.25, -0.2) is 4.79 Å². The maximum absolute atomic E-state index is 12.4. The lowest BCUT2D eigenvalue weighted by atomic mass is 9.98. The third-order valence-electron chi connectivity index (χ3n) is 4.31. The molecule has 0 radical (unpaired) electrons. The van der Waals surface area contributed by atoms with Crippen LogP contribution in [0.2, 0.25) is 0 Å². The minimum Gasteiger partial charge on any atom is -0.507 e. The molecule has 2 N–H and O–H groups in total.